The van der Waals surface area contributed by atoms with Crippen LogP contribution in [0.1, 0.15) is 37.3 Å². The molecule has 86 valence electrons. The van der Waals surface area contributed by atoms with Crippen molar-refractivity contribution in [3.8, 4) is 0 Å². The molecule has 1 aromatic carbocycles. The van der Waals surface area contributed by atoms with E-state index in [-0.39, 0.29) is 11.9 Å². The van der Waals surface area contributed by atoms with E-state index in [1.807, 2.05) is 0 Å². The molecule has 0 aliphatic heterocycles. The van der Waals surface area contributed by atoms with Gasteiger partial charge in [-0.1, -0.05) is 17.7 Å². The Morgan fingerprint density at radius 3 is 2.75 bits per heavy atom. The summed E-state index contributed by atoms with van der Waals surface area (Å²) < 4.78 is 13.9. The molecule has 2 rings (SSSR count). The normalized spacial score (nSPS) is 18.1. The predicted molar refractivity (Wildman–Crippen MR) is 72.6 cm³/mol. The highest BCUT2D eigenvalue weighted by Gasteiger charge is 2.16. The molecule has 0 aromatic heterocycles. The summed E-state index contributed by atoms with van der Waals surface area (Å²) in [5.41, 5.74) is 8.56. The van der Waals surface area contributed by atoms with E-state index in [1.165, 1.54) is 24.5 Å². The summed E-state index contributed by atoms with van der Waals surface area (Å²) in [6.07, 6.45) is 6.93. The molecule has 0 amide bonds. The van der Waals surface area contributed by atoms with Gasteiger partial charge in [-0.05, 0) is 66.0 Å². The summed E-state index contributed by atoms with van der Waals surface area (Å²) in [5.74, 6) is -0.196. The van der Waals surface area contributed by atoms with Gasteiger partial charge in [0.1, 0.15) is 5.82 Å². The zero-order valence-electron chi connectivity index (χ0n) is 9.05. The van der Waals surface area contributed by atoms with E-state index in [0.717, 1.165) is 22.0 Å². The molecule has 1 aliphatic carbocycles. The van der Waals surface area contributed by atoms with Crippen LogP contribution in [0.2, 0.25) is 0 Å². The Labute approximate surface area is 109 Å². The molecule has 1 atom stereocenters. The lowest BCUT2D eigenvalue weighted by Gasteiger charge is -2.21. The van der Waals surface area contributed by atoms with Gasteiger partial charge in [0.05, 0.1) is 6.04 Å². The third-order valence-corrected chi connectivity index (χ3v) is 3.96. The van der Waals surface area contributed by atoms with E-state index in [2.05, 4.69) is 28.7 Å². The molecule has 0 radical (unpaired) electrons. The zero-order valence-corrected chi connectivity index (χ0v) is 11.2. The van der Waals surface area contributed by atoms with Crippen LogP contribution in [0.15, 0.2) is 29.8 Å². The van der Waals surface area contributed by atoms with E-state index < -0.39 is 0 Å². The van der Waals surface area contributed by atoms with Crippen molar-refractivity contribution in [2.24, 2.45) is 5.73 Å². The monoisotopic (exact) mass is 331 g/mol. The second-order valence-electron chi connectivity index (χ2n) is 4.17. The van der Waals surface area contributed by atoms with Gasteiger partial charge in [-0.15, -0.1) is 0 Å². The molecule has 0 bridgehead atoms. The van der Waals surface area contributed by atoms with E-state index >= 15 is 0 Å². The van der Waals surface area contributed by atoms with Gasteiger partial charge in [0.2, 0.25) is 0 Å². The van der Waals surface area contributed by atoms with Crippen LogP contribution in [0.5, 0.6) is 0 Å². The molecule has 16 heavy (non-hydrogen) atoms. The molecule has 0 saturated carbocycles. The molecule has 1 unspecified atom stereocenters. The van der Waals surface area contributed by atoms with Crippen molar-refractivity contribution in [1.29, 1.82) is 0 Å². The van der Waals surface area contributed by atoms with E-state index in [9.17, 15) is 4.39 Å². The van der Waals surface area contributed by atoms with Crippen LogP contribution in [0, 0.1) is 9.39 Å². The summed E-state index contributed by atoms with van der Waals surface area (Å²) in [6, 6.07) is 4.77. The Bertz CT molecular complexity index is 414. The average Bonchev–Trinajstić information content (AvgIpc) is 2.29. The zero-order chi connectivity index (χ0) is 11.5. The van der Waals surface area contributed by atoms with Crippen LogP contribution in [0.25, 0.3) is 0 Å². The van der Waals surface area contributed by atoms with Crippen molar-refractivity contribution in [3.63, 3.8) is 0 Å². The first-order valence-corrected chi connectivity index (χ1v) is 6.66. The Balaban J connectivity index is 2.26. The highest BCUT2D eigenvalue weighted by Crippen LogP contribution is 2.30. The SMILES string of the molecule is NC(C1=CCCCC1)c1ccc(F)cc1I. The molecule has 0 saturated heterocycles. The lowest BCUT2D eigenvalue weighted by atomic mass is 9.90. The van der Waals surface area contributed by atoms with Crippen molar-refractivity contribution in [2.75, 3.05) is 0 Å². The van der Waals surface area contributed by atoms with Crippen molar-refractivity contribution in [1.82, 2.24) is 0 Å². The van der Waals surface area contributed by atoms with Crippen LogP contribution in [-0.4, -0.2) is 0 Å². The highest BCUT2D eigenvalue weighted by atomic mass is 127. The number of benzene rings is 1. The fourth-order valence-electron chi connectivity index (χ4n) is 2.10. The lowest BCUT2D eigenvalue weighted by Crippen LogP contribution is -2.16. The molecule has 1 aliphatic rings. The third-order valence-electron chi connectivity index (χ3n) is 3.02. The minimum atomic E-state index is -0.196. The third kappa shape index (κ3) is 2.63. The maximum Gasteiger partial charge on any atom is 0.124 e. The van der Waals surface area contributed by atoms with Gasteiger partial charge in [0, 0.05) is 3.57 Å². The Kier molecular flexibility index (Phi) is 3.97. The van der Waals surface area contributed by atoms with Crippen LogP contribution in [-0.2, 0) is 0 Å². The molecule has 0 fully saturated rings. The van der Waals surface area contributed by atoms with Gasteiger partial charge >= 0.3 is 0 Å². The van der Waals surface area contributed by atoms with Crippen LogP contribution in [0.3, 0.4) is 0 Å². The Hall–Kier alpha value is -0.420. The van der Waals surface area contributed by atoms with E-state index in [0.29, 0.717) is 0 Å². The van der Waals surface area contributed by atoms with Crippen molar-refractivity contribution < 1.29 is 4.39 Å². The molecular weight excluding hydrogens is 316 g/mol. The molecule has 3 heteroatoms. The molecule has 0 heterocycles. The molecule has 2 N–H and O–H groups in total. The topological polar surface area (TPSA) is 26.0 Å². The van der Waals surface area contributed by atoms with Crippen LogP contribution < -0.4 is 5.73 Å². The minimum Gasteiger partial charge on any atom is -0.321 e. The fraction of sp³-hybridized carbons (Fsp3) is 0.385. The molecule has 0 spiro atoms. The number of nitrogens with two attached hydrogens (primary N) is 1. The standard InChI is InChI=1S/C13H15FIN/c14-10-6-7-11(12(15)8-10)13(16)9-4-2-1-3-5-9/h4,6-8,13H,1-3,5,16H2. The molecule has 1 nitrogen and oxygen atoms in total. The van der Waals surface area contributed by atoms with Gasteiger partial charge in [-0.25, -0.2) is 4.39 Å². The maximum atomic E-state index is 13.0. The number of hydrogen-bond donors (Lipinski definition) is 1. The first-order valence-electron chi connectivity index (χ1n) is 5.58. The highest BCUT2D eigenvalue weighted by molar-refractivity contribution is 14.1. The van der Waals surface area contributed by atoms with Gasteiger partial charge in [0.15, 0.2) is 0 Å². The number of allylic oxidation sites excluding steroid dienone is 1. The van der Waals surface area contributed by atoms with Gasteiger partial charge in [-0.3, -0.25) is 0 Å². The van der Waals surface area contributed by atoms with E-state index in [4.69, 9.17) is 5.73 Å². The van der Waals surface area contributed by atoms with Crippen LogP contribution >= 0.6 is 22.6 Å². The van der Waals surface area contributed by atoms with Crippen molar-refractivity contribution in [3.05, 3.63) is 44.8 Å². The summed E-state index contributed by atoms with van der Waals surface area (Å²) in [5, 5.41) is 0. The quantitative estimate of drug-likeness (QED) is 0.645. The number of halogens is 2. The first kappa shape index (κ1) is 12.0. The smallest absolute Gasteiger partial charge is 0.124 e. The summed E-state index contributed by atoms with van der Waals surface area (Å²) in [6.45, 7) is 0. The minimum absolute atomic E-state index is 0.0622. The lowest BCUT2D eigenvalue weighted by molar-refractivity contribution is 0.621. The number of rotatable bonds is 2. The van der Waals surface area contributed by atoms with Crippen molar-refractivity contribution in [2.45, 2.75) is 31.7 Å². The predicted octanol–water partition coefficient (Wildman–Crippen LogP) is 3.93. The van der Waals surface area contributed by atoms with Crippen molar-refractivity contribution >= 4 is 22.6 Å². The van der Waals surface area contributed by atoms with Gasteiger partial charge in [0.25, 0.3) is 0 Å². The van der Waals surface area contributed by atoms with Crippen LogP contribution in [0.4, 0.5) is 4.39 Å². The number of hydrogen-bond acceptors (Lipinski definition) is 1. The maximum absolute atomic E-state index is 13.0. The fourth-order valence-corrected chi connectivity index (χ4v) is 2.91. The summed E-state index contributed by atoms with van der Waals surface area (Å²) in [7, 11) is 0. The first-order chi connectivity index (χ1) is 7.68. The Morgan fingerprint density at radius 1 is 1.31 bits per heavy atom. The second-order valence-corrected chi connectivity index (χ2v) is 5.33. The largest absolute Gasteiger partial charge is 0.321 e. The summed E-state index contributed by atoms with van der Waals surface area (Å²) in [4.78, 5) is 0. The summed E-state index contributed by atoms with van der Waals surface area (Å²) >= 11 is 2.15. The second kappa shape index (κ2) is 5.27. The van der Waals surface area contributed by atoms with Gasteiger partial charge in [-0.2, -0.15) is 0 Å². The Morgan fingerprint density at radius 2 is 2.12 bits per heavy atom. The van der Waals surface area contributed by atoms with E-state index in [1.54, 1.807) is 12.1 Å². The average molecular weight is 331 g/mol. The molecule has 1 aromatic rings. The van der Waals surface area contributed by atoms with Gasteiger partial charge < -0.3 is 5.73 Å². The molecular formula is C13H15FIN.